The normalized spacial score (nSPS) is 14.9. The van der Waals surface area contributed by atoms with E-state index in [0.29, 0.717) is 5.02 Å². The fourth-order valence-electron chi connectivity index (χ4n) is 3.53. The van der Waals surface area contributed by atoms with E-state index in [4.69, 9.17) is 11.6 Å². The number of piperazine rings is 1. The Morgan fingerprint density at radius 2 is 1.76 bits per heavy atom. The molecule has 2 aromatic heterocycles. The van der Waals surface area contributed by atoms with E-state index in [0.717, 1.165) is 74.2 Å². The molecule has 0 unspecified atom stereocenters. The van der Waals surface area contributed by atoms with Crippen molar-refractivity contribution in [1.82, 2.24) is 19.9 Å². The summed E-state index contributed by atoms with van der Waals surface area (Å²) >= 11 is 6.06. The first-order chi connectivity index (χ1) is 14.2. The molecule has 152 valence electrons. The minimum Gasteiger partial charge on any atom is -0.383 e. The van der Waals surface area contributed by atoms with Crippen LogP contribution in [-0.2, 0) is 0 Å². The highest BCUT2D eigenvalue weighted by atomic mass is 35.5. The number of hydrogen-bond donors (Lipinski definition) is 2. The van der Waals surface area contributed by atoms with Gasteiger partial charge in [0.15, 0.2) is 0 Å². The first-order valence-corrected chi connectivity index (χ1v) is 10.4. The van der Waals surface area contributed by atoms with Gasteiger partial charge in [0.2, 0.25) is 5.95 Å². The Morgan fingerprint density at radius 3 is 2.59 bits per heavy atom. The maximum atomic E-state index is 6.06. The van der Waals surface area contributed by atoms with Crippen LogP contribution in [-0.4, -0.2) is 65.7 Å². The van der Waals surface area contributed by atoms with Crippen LogP contribution in [0.25, 0.3) is 10.9 Å². The molecule has 1 fully saturated rings. The van der Waals surface area contributed by atoms with Crippen molar-refractivity contribution in [2.75, 3.05) is 61.3 Å². The van der Waals surface area contributed by atoms with Crippen LogP contribution in [0.5, 0.6) is 0 Å². The minimum absolute atomic E-state index is 0.694. The second-order valence-corrected chi connectivity index (χ2v) is 7.47. The number of anilines is 3. The Kier molecular flexibility index (Phi) is 6.27. The Morgan fingerprint density at radius 1 is 0.966 bits per heavy atom. The second-order valence-electron chi connectivity index (χ2n) is 7.04. The summed E-state index contributed by atoms with van der Waals surface area (Å²) in [6, 6.07) is 9.65. The molecule has 2 N–H and O–H groups in total. The summed E-state index contributed by atoms with van der Waals surface area (Å²) in [6.07, 6.45) is 3.62. The van der Waals surface area contributed by atoms with Gasteiger partial charge in [-0.2, -0.15) is 4.98 Å². The Labute approximate surface area is 176 Å². The van der Waals surface area contributed by atoms with Crippen LogP contribution in [0.3, 0.4) is 0 Å². The van der Waals surface area contributed by atoms with Crippen molar-refractivity contribution in [2.24, 2.45) is 0 Å². The third-order valence-electron chi connectivity index (χ3n) is 5.20. The number of halogens is 1. The van der Waals surface area contributed by atoms with E-state index < -0.39 is 0 Å². The van der Waals surface area contributed by atoms with Gasteiger partial charge in [-0.15, -0.1) is 0 Å². The number of aromatic nitrogens is 3. The van der Waals surface area contributed by atoms with Crippen LogP contribution in [0, 0.1) is 0 Å². The van der Waals surface area contributed by atoms with Gasteiger partial charge in [0, 0.05) is 67.8 Å². The molecule has 29 heavy (non-hydrogen) atoms. The van der Waals surface area contributed by atoms with Crippen molar-refractivity contribution in [3.05, 3.63) is 47.7 Å². The van der Waals surface area contributed by atoms with Gasteiger partial charge in [0.05, 0.1) is 5.52 Å². The van der Waals surface area contributed by atoms with E-state index in [9.17, 15) is 0 Å². The molecule has 3 heterocycles. The molecule has 1 aliphatic heterocycles. The van der Waals surface area contributed by atoms with E-state index >= 15 is 0 Å². The van der Waals surface area contributed by atoms with Gasteiger partial charge >= 0.3 is 0 Å². The minimum atomic E-state index is 0.694. The molecule has 1 saturated heterocycles. The molecule has 0 aliphatic carbocycles. The Balaban J connectivity index is 1.31. The largest absolute Gasteiger partial charge is 0.383 e. The third-order valence-corrected chi connectivity index (χ3v) is 5.43. The topological polar surface area (TPSA) is 69.2 Å². The highest BCUT2D eigenvalue weighted by molar-refractivity contribution is 6.31. The molecule has 0 bridgehead atoms. The molecule has 0 radical (unpaired) electrons. The molecule has 0 atom stereocenters. The smallest absolute Gasteiger partial charge is 0.227 e. The van der Waals surface area contributed by atoms with Crippen LogP contribution in [0.1, 0.15) is 6.92 Å². The molecule has 4 rings (SSSR count). The Bertz CT molecular complexity index is 957. The van der Waals surface area contributed by atoms with Gasteiger partial charge in [-0.1, -0.05) is 18.5 Å². The van der Waals surface area contributed by atoms with E-state index in [1.165, 1.54) is 0 Å². The maximum absolute atomic E-state index is 6.06. The maximum Gasteiger partial charge on any atom is 0.227 e. The average molecular weight is 412 g/mol. The summed E-state index contributed by atoms with van der Waals surface area (Å²) in [5.74, 6) is 1.65. The lowest BCUT2D eigenvalue weighted by Gasteiger charge is -2.34. The second kappa shape index (κ2) is 9.24. The zero-order chi connectivity index (χ0) is 20.1. The molecule has 3 aromatic rings. The lowest BCUT2D eigenvalue weighted by atomic mass is 10.2. The van der Waals surface area contributed by atoms with Crippen LogP contribution in [0.15, 0.2) is 42.7 Å². The quantitative estimate of drug-likeness (QED) is 0.578. The number of benzene rings is 1. The summed E-state index contributed by atoms with van der Waals surface area (Å²) in [5, 5.41) is 8.60. The van der Waals surface area contributed by atoms with Crippen molar-refractivity contribution in [3.8, 4) is 0 Å². The van der Waals surface area contributed by atoms with Gasteiger partial charge in [-0.3, -0.25) is 4.98 Å². The lowest BCUT2D eigenvalue weighted by Crippen LogP contribution is -2.46. The predicted octanol–water partition coefficient (Wildman–Crippen LogP) is 3.34. The van der Waals surface area contributed by atoms with Crippen LogP contribution in [0.4, 0.5) is 17.5 Å². The molecular formula is C21H26ClN7. The van der Waals surface area contributed by atoms with Gasteiger partial charge in [0.1, 0.15) is 5.82 Å². The first kappa shape index (κ1) is 19.7. The molecule has 0 spiro atoms. The van der Waals surface area contributed by atoms with Gasteiger partial charge in [-0.25, -0.2) is 4.98 Å². The van der Waals surface area contributed by atoms with Crippen LogP contribution in [0.2, 0.25) is 5.02 Å². The van der Waals surface area contributed by atoms with Crippen molar-refractivity contribution < 1.29 is 0 Å². The van der Waals surface area contributed by atoms with E-state index in [-0.39, 0.29) is 0 Å². The number of nitrogens with one attached hydrogen (secondary N) is 2. The number of nitrogens with zero attached hydrogens (tertiary/aromatic N) is 5. The summed E-state index contributed by atoms with van der Waals surface area (Å²) in [6.45, 7) is 8.88. The van der Waals surface area contributed by atoms with Crippen molar-refractivity contribution >= 4 is 40.0 Å². The molecular weight excluding hydrogens is 386 g/mol. The molecule has 8 heteroatoms. The monoisotopic (exact) mass is 411 g/mol. The lowest BCUT2D eigenvalue weighted by molar-refractivity contribution is 0.270. The standard InChI is InChI=1S/C21H26ClN7/c1-2-28-11-13-29(14-12-28)21-26-8-6-20(27-21)25-10-9-24-18-5-7-23-19-15-16(22)3-4-17(18)19/h3-8,15H,2,9-14H2,1H3,(H,23,24)(H,25,26,27). The highest BCUT2D eigenvalue weighted by Crippen LogP contribution is 2.24. The highest BCUT2D eigenvalue weighted by Gasteiger charge is 2.17. The number of pyridine rings is 1. The number of rotatable bonds is 7. The van der Waals surface area contributed by atoms with Crippen molar-refractivity contribution in [3.63, 3.8) is 0 Å². The number of fused-ring (bicyclic) bond motifs is 1. The molecule has 1 aromatic carbocycles. The van der Waals surface area contributed by atoms with Crippen molar-refractivity contribution in [2.45, 2.75) is 6.92 Å². The first-order valence-electron chi connectivity index (χ1n) is 10.1. The average Bonchev–Trinajstić information content (AvgIpc) is 2.77. The van der Waals surface area contributed by atoms with E-state index in [1.54, 1.807) is 6.20 Å². The van der Waals surface area contributed by atoms with Crippen LogP contribution < -0.4 is 15.5 Å². The fraction of sp³-hybridized carbons (Fsp3) is 0.381. The van der Waals surface area contributed by atoms with E-state index in [1.807, 2.05) is 36.5 Å². The predicted molar refractivity (Wildman–Crippen MR) is 120 cm³/mol. The summed E-state index contributed by atoms with van der Waals surface area (Å²) in [5.41, 5.74) is 1.93. The number of likely N-dealkylation sites (N-methyl/N-ethyl adjacent to an activating group) is 1. The zero-order valence-corrected chi connectivity index (χ0v) is 17.4. The van der Waals surface area contributed by atoms with Crippen molar-refractivity contribution in [1.29, 1.82) is 0 Å². The van der Waals surface area contributed by atoms with Gasteiger partial charge in [-0.05, 0) is 36.9 Å². The number of hydrogen-bond acceptors (Lipinski definition) is 7. The molecule has 0 saturated carbocycles. The summed E-state index contributed by atoms with van der Waals surface area (Å²) in [4.78, 5) is 18.2. The molecule has 7 nitrogen and oxygen atoms in total. The zero-order valence-electron chi connectivity index (χ0n) is 16.6. The fourth-order valence-corrected chi connectivity index (χ4v) is 3.69. The SMILES string of the molecule is CCN1CCN(c2nccc(NCCNc3ccnc4cc(Cl)ccc34)n2)CC1. The van der Waals surface area contributed by atoms with E-state index in [2.05, 4.69) is 42.3 Å². The molecule has 0 amide bonds. The summed E-state index contributed by atoms with van der Waals surface area (Å²) in [7, 11) is 0. The molecule has 1 aliphatic rings. The van der Waals surface area contributed by atoms with Gasteiger partial charge in [0.25, 0.3) is 0 Å². The van der Waals surface area contributed by atoms with Gasteiger partial charge < -0.3 is 20.4 Å². The van der Waals surface area contributed by atoms with Crippen LogP contribution >= 0.6 is 11.6 Å². The third kappa shape index (κ3) is 4.86. The summed E-state index contributed by atoms with van der Waals surface area (Å²) < 4.78 is 0. The Hall–Kier alpha value is -2.64.